The summed E-state index contributed by atoms with van der Waals surface area (Å²) in [6.07, 6.45) is 23.0. The summed E-state index contributed by atoms with van der Waals surface area (Å²) in [6, 6.07) is 0.108. The Labute approximate surface area is 244 Å². The largest absolute Gasteiger partial charge is 0.770 e. The van der Waals surface area contributed by atoms with E-state index in [1.807, 2.05) is 17.8 Å². The van der Waals surface area contributed by atoms with Gasteiger partial charge in [-0.3, -0.25) is 6.08 Å². The molecule has 0 aromatic rings. The van der Waals surface area contributed by atoms with Crippen molar-refractivity contribution in [3.8, 4) is 0 Å². The molecule has 0 N–H and O–H groups in total. The Morgan fingerprint density at radius 2 is 2.22 bits per heavy atom. The number of thioether (sulfide) groups is 1. The Morgan fingerprint density at radius 1 is 1.27 bits per heavy atom. The quantitative estimate of drug-likeness (QED) is 0.276. The fraction of sp³-hybridized carbons (Fsp3) is 0.548. The maximum Gasteiger partial charge on any atom is 0.175 e. The average molecular weight is 695 g/mol. The van der Waals surface area contributed by atoms with Gasteiger partial charge in [0.1, 0.15) is 0 Å². The molecule has 0 aromatic heterocycles. The van der Waals surface area contributed by atoms with E-state index in [0.717, 1.165) is 38.1 Å². The van der Waals surface area contributed by atoms with Gasteiger partial charge in [0.2, 0.25) is 0 Å². The van der Waals surface area contributed by atoms with Gasteiger partial charge in [0.05, 0.1) is 0 Å². The molecule has 5 aliphatic heterocycles. The van der Waals surface area contributed by atoms with Gasteiger partial charge in [-0.25, -0.2) is 17.0 Å². The normalized spacial score (nSPS) is 35.2. The van der Waals surface area contributed by atoms with E-state index in [0.29, 0.717) is 5.25 Å². The van der Waals surface area contributed by atoms with Crippen LogP contribution in [-0.2, 0) is 24.8 Å². The molecule has 0 amide bonds. The summed E-state index contributed by atoms with van der Waals surface area (Å²) in [5.74, 6) is 1.40. The molecule has 1 fully saturated rings. The summed E-state index contributed by atoms with van der Waals surface area (Å²) in [5, 5.41) is 12.0. The standard InChI is InChI=1S/C20H22N2OS.C11H15N.Ir/c1-11-10-24-19-13(11)8-9-21-17(19)16-5-3-4-14-15-7-6-12(2)22-20(15)23-18(14)16;1-2-6-10(7-3-1)11-8-4-5-9-12-11;/h5-8,10,14-15,17,19-20H,3-4,9H2,1-2H3;8H,1-6,9H2;/q2*-2;/t14?,15?,17-,19?,20?;;/m0../s1/i2D3;;. The van der Waals surface area contributed by atoms with E-state index in [9.17, 15) is 0 Å². The molecule has 1 saturated heterocycles. The Hall–Kier alpha value is -1.46. The molecular formula is C31H37IrN3OS-4. The molecule has 5 atom stereocenters. The first-order valence-corrected chi connectivity index (χ1v) is 14.5. The summed E-state index contributed by atoms with van der Waals surface area (Å²) in [5.41, 5.74) is 6.74. The van der Waals surface area contributed by atoms with Crippen LogP contribution in [0.3, 0.4) is 0 Å². The van der Waals surface area contributed by atoms with Crippen LogP contribution in [0.5, 0.6) is 0 Å². The fourth-order valence-corrected chi connectivity index (χ4v) is 7.55. The zero-order valence-corrected chi connectivity index (χ0v) is 24.6. The van der Waals surface area contributed by atoms with Gasteiger partial charge in [-0.05, 0) is 48.1 Å². The van der Waals surface area contributed by atoms with Crippen LogP contribution in [0.1, 0.15) is 69.3 Å². The zero-order chi connectivity index (χ0) is 27.0. The van der Waals surface area contributed by atoms with Gasteiger partial charge in [0.15, 0.2) is 6.23 Å². The third-order valence-corrected chi connectivity index (χ3v) is 9.40. The third-order valence-electron chi connectivity index (χ3n) is 8.10. The van der Waals surface area contributed by atoms with Crippen LogP contribution < -0.4 is 0 Å². The smallest absolute Gasteiger partial charge is 0.175 e. The van der Waals surface area contributed by atoms with Crippen LogP contribution in [0.25, 0.3) is 10.6 Å². The number of allylic oxidation sites excluding steroid dienone is 6. The van der Waals surface area contributed by atoms with Crippen molar-refractivity contribution in [2.75, 3.05) is 13.1 Å². The predicted molar refractivity (Wildman–Crippen MR) is 151 cm³/mol. The van der Waals surface area contributed by atoms with Crippen molar-refractivity contribution in [2.45, 2.75) is 82.7 Å². The number of nitrogens with zero attached hydrogens (tertiary/aromatic N) is 3. The molecule has 4 nitrogen and oxygen atoms in total. The molecule has 7 aliphatic rings. The minimum atomic E-state index is -2.19. The van der Waals surface area contributed by atoms with Gasteiger partial charge >= 0.3 is 0 Å². The van der Waals surface area contributed by atoms with E-state index in [2.05, 4.69) is 47.3 Å². The maximum absolute atomic E-state index is 7.63. The Bertz CT molecular complexity index is 1170. The van der Waals surface area contributed by atoms with Crippen molar-refractivity contribution in [1.29, 1.82) is 0 Å². The van der Waals surface area contributed by atoms with E-state index in [4.69, 9.17) is 14.2 Å². The summed E-state index contributed by atoms with van der Waals surface area (Å²) in [7, 11) is 0. The Morgan fingerprint density at radius 3 is 3.03 bits per heavy atom. The molecule has 0 bridgehead atoms. The van der Waals surface area contributed by atoms with Crippen molar-refractivity contribution in [3.63, 3.8) is 0 Å². The summed E-state index contributed by atoms with van der Waals surface area (Å²) >= 11 is 1.85. The third kappa shape index (κ3) is 5.64. The molecule has 4 unspecified atom stereocenters. The second-order valence-corrected chi connectivity index (χ2v) is 11.5. The second kappa shape index (κ2) is 12.2. The van der Waals surface area contributed by atoms with Crippen molar-refractivity contribution < 1.29 is 29.0 Å². The van der Waals surface area contributed by atoms with Crippen molar-refractivity contribution in [2.24, 2.45) is 16.8 Å². The molecule has 37 heavy (non-hydrogen) atoms. The molecule has 7 rings (SSSR count). The van der Waals surface area contributed by atoms with E-state index in [-0.39, 0.29) is 43.7 Å². The van der Waals surface area contributed by atoms with Gasteiger partial charge in [0, 0.05) is 41.1 Å². The fourth-order valence-electron chi connectivity index (χ4n) is 6.26. The topological polar surface area (TPSA) is 49.8 Å². The van der Waals surface area contributed by atoms with Gasteiger partial charge < -0.3 is 21.1 Å². The van der Waals surface area contributed by atoms with E-state index in [1.165, 1.54) is 60.1 Å². The monoisotopic (exact) mass is 695 g/mol. The number of hydrogen-bond acceptors (Lipinski definition) is 3. The summed E-state index contributed by atoms with van der Waals surface area (Å²) < 4.78 is 29.2. The van der Waals surface area contributed by atoms with Crippen LogP contribution in [-0.4, -0.2) is 36.3 Å². The number of aliphatic imine (C=N–C) groups is 1. The van der Waals surface area contributed by atoms with Gasteiger partial charge in [0.25, 0.3) is 0 Å². The van der Waals surface area contributed by atoms with Crippen molar-refractivity contribution in [1.82, 2.24) is 0 Å². The molecule has 2 aliphatic carbocycles. The number of fused-ring (bicyclic) bond motifs is 4. The van der Waals surface area contributed by atoms with Crippen LogP contribution in [0.2, 0.25) is 0 Å². The van der Waals surface area contributed by atoms with Crippen molar-refractivity contribution in [3.05, 3.63) is 86.6 Å². The molecule has 1 radical (unpaired) electrons. The minimum Gasteiger partial charge on any atom is -0.770 e. The first-order chi connectivity index (χ1) is 18.9. The molecule has 0 aromatic carbocycles. The summed E-state index contributed by atoms with van der Waals surface area (Å²) in [4.78, 5) is 4.44. The minimum absolute atomic E-state index is 0. The maximum atomic E-state index is 7.63. The first-order valence-electron chi connectivity index (χ1n) is 15.1. The molecular weight excluding hydrogens is 655 g/mol. The zero-order valence-electron chi connectivity index (χ0n) is 24.4. The molecule has 201 valence electrons. The average Bonchev–Trinajstić information content (AvgIpc) is 3.54. The van der Waals surface area contributed by atoms with E-state index >= 15 is 0 Å². The molecule has 5 heterocycles. The van der Waals surface area contributed by atoms with Gasteiger partial charge in [-0.15, -0.1) is 49.8 Å². The van der Waals surface area contributed by atoms with E-state index < -0.39 is 13.1 Å². The Balaban J connectivity index is 0.000000209. The first kappa shape index (κ1) is 23.4. The van der Waals surface area contributed by atoms with Crippen molar-refractivity contribution >= 4 is 17.5 Å². The van der Waals surface area contributed by atoms with Gasteiger partial charge in [-0.2, -0.15) is 11.6 Å². The predicted octanol–water partition coefficient (Wildman–Crippen LogP) is 7.90. The van der Waals surface area contributed by atoms with Crippen LogP contribution in [0, 0.1) is 24.3 Å². The number of rotatable bonds is 2. The number of dihydropyridines is 1. The SMILES string of the molecule is [2H]C([2H])([2H])C1=NC2OC3=C([C@@H]4[N-]CC=C5C(C)=CSC54)[CH-]CCC3C2C=C1.[C-]1=C(C2=CCCC[N-]2)CCCC1.[Ir]. The molecule has 0 spiro atoms. The van der Waals surface area contributed by atoms with Crippen LogP contribution >= 0.6 is 11.8 Å². The number of hydrogen-bond donors (Lipinski definition) is 0. The van der Waals surface area contributed by atoms with Crippen LogP contribution in [0.4, 0.5) is 0 Å². The summed E-state index contributed by atoms with van der Waals surface area (Å²) in [6.45, 7) is 1.75. The molecule has 0 saturated carbocycles. The second-order valence-electron chi connectivity index (χ2n) is 10.5. The van der Waals surface area contributed by atoms with Crippen LogP contribution in [0.15, 0.2) is 68.5 Å². The molecule has 6 heteroatoms. The number of ether oxygens (including phenoxy) is 1. The van der Waals surface area contributed by atoms with Gasteiger partial charge in [-0.1, -0.05) is 44.6 Å². The van der Waals surface area contributed by atoms with E-state index in [1.54, 1.807) is 6.08 Å². The Kier molecular flexibility index (Phi) is 7.70.